The molecule has 1 aromatic heterocycles. The van der Waals surface area contributed by atoms with Crippen LogP contribution in [0.3, 0.4) is 0 Å². The lowest BCUT2D eigenvalue weighted by atomic mass is 10.1. The molecule has 0 aliphatic heterocycles. The molecule has 15 heteroatoms. The quantitative estimate of drug-likeness (QED) is 0.132. The summed E-state index contributed by atoms with van der Waals surface area (Å²) in [5, 5.41) is 7.42. The first-order valence-electron chi connectivity index (χ1n) is 12.1. The molecule has 1 saturated carbocycles. The zero-order valence-electron chi connectivity index (χ0n) is 21.1. The van der Waals surface area contributed by atoms with E-state index < -0.39 is 56.9 Å². The lowest BCUT2D eigenvalue weighted by Gasteiger charge is -2.13. The van der Waals surface area contributed by atoms with Gasteiger partial charge >= 0.3 is 0 Å². The molecule has 4 aromatic rings. The molecule has 3 N–H and O–H groups in total. The summed E-state index contributed by atoms with van der Waals surface area (Å²) < 4.78 is 32.9. The molecule has 222 valence electrons. The monoisotopic (exact) mass is 705 g/mol. The highest BCUT2D eigenvalue weighted by atomic mass is 35.5. The minimum absolute atomic E-state index is 0.0388. The first-order valence-corrected chi connectivity index (χ1v) is 14.3. The van der Waals surface area contributed by atoms with Gasteiger partial charge in [-0.25, -0.2) is 8.78 Å². The highest BCUT2D eigenvalue weighted by Crippen LogP contribution is 2.65. The molecule has 5 rings (SSSR count). The molecule has 1 heterocycles. The van der Waals surface area contributed by atoms with Crippen LogP contribution < -0.4 is 16.0 Å². The number of benzene rings is 3. The number of hydrogen-bond donors (Lipinski definition) is 3. The Morgan fingerprint density at radius 2 is 1.51 bits per heavy atom. The van der Waals surface area contributed by atoms with Crippen LogP contribution in [0, 0.1) is 17.6 Å². The smallest absolute Gasteiger partial charge is 0.291 e. The molecular weight excluding hydrogens is 693 g/mol. The average Bonchev–Trinajstić information content (AvgIpc) is 3.25. The normalized spacial score (nSPS) is 16.8. The zero-order valence-corrected chi connectivity index (χ0v) is 25.6. The van der Waals surface area contributed by atoms with Crippen molar-refractivity contribution in [2.75, 3.05) is 16.0 Å². The molecule has 0 unspecified atom stereocenters. The van der Waals surface area contributed by atoms with Crippen LogP contribution in [0.25, 0.3) is 0 Å². The molecule has 7 nitrogen and oxygen atoms in total. The molecule has 0 saturated heterocycles. The van der Waals surface area contributed by atoms with Crippen molar-refractivity contribution in [1.29, 1.82) is 0 Å². The topological polar surface area (TPSA) is 100 Å². The van der Waals surface area contributed by atoms with Crippen molar-refractivity contribution in [3.63, 3.8) is 0 Å². The number of anilines is 3. The minimum atomic E-state index is -1.48. The van der Waals surface area contributed by atoms with Gasteiger partial charge in [-0.05, 0) is 60.2 Å². The maximum absolute atomic E-state index is 15.1. The van der Waals surface area contributed by atoms with Gasteiger partial charge < -0.3 is 20.4 Å². The average molecular weight is 708 g/mol. The predicted molar refractivity (Wildman–Crippen MR) is 163 cm³/mol. The maximum atomic E-state index is 15.1. The number of carbonyl (C=O) groups is 3. The fraction of sp³-hybridized carbons (Fsp3) is 0.107. The van der Waals surface area contributed by atoms with Crippen molar-refractivity contribution in [2.45, 2.75) is 10.3 Å². The van der Waals surface area contributed by atoms with Crippen LogP contribution >= 0.6 is 69.6 Å². The Morgan fingerprint density at radius 1 is 0.814 bits per heavy atom. The van der Waals surface area contributed by atoms with Crippen LogP contribution in [0.5, 0.6) is 0 Å². The molecule has 0 bridgehead atoms. The molecule has 0 radical (unpaired) electrons. The fourth-order valence-corrected chi connectivity index (χ4v) is 6.00. The van der Waals surface area contributed by atoms with E-state index >= 15 is 4.39 Å². The Hall–Kier alpha value is -3.05. The van der Waals surface area contributed by atoms with Gasteiger partial charge in [0.05, 0.1) is 43.5 Å². The van der Waals surface area contributed by atoms with Gasteiger partial charge in [-0.3, -0.25) is 14.4 Å². The second-order valence-corrected chi connectivity index (χ2v) is 12.3. The highest BCUT2D eigenvalue weighted by Gasteiger charge is 2.67. The number of halogens is 8. The third-order valence-corrected chi connectivity index (χ3v) is 8.97. The standard InChI is InChI=1S/C28H15Cl6F2N3O4/c29-14-4-3-12(37-27(42)21-20(28(21,33)34)11-8-15(30)22(32)16(31)9-11)10-13(14)25(40)38-18-6-5-17(35)24(23(18)36)39-26(41)19-2-1-7-43-19/h1-10,20-21H,(H,37,42)(H,38,40)(H,39,41)/t20-,21+/m0/s1. The maximum Gasteiger partial charge on any atom is 0.291 e. The molecule has 43 heavy (non-hydrogen) atoms. The Morgan fingerprint density at radius 3 is 2.16 bits per heavy atom. The molecule has 1 fully saturated rings. The van der Waals surface area contributed by atoms with Crippen molar-refractivity contribution in [3.05, 3.63) is 109 Å². The summed E-state index contributed by atoms with van der Waals surface area (Å²) in [4.78, 5) is 38.4. The van der Waals surface area contributed by atoms with E-state index in [0.29, 0.717) is 5.56 Å². The summed E-state index contributed by atoms with van der Waals surface area (Å²) in [6, 6.07) is 11.6. The molecule has 1 aliphatic carbocycles. The van der Waals surface area contributed by atoms with E-state index in [1.165, 1.54) is 48.7 Å². The lowest BCUT2D eigenvalue weighted by Crippen LogP contribution is -2.19. The van der Waals surface area contributed by atoms with Crippen LogP contribution in [0.4, 0.5) is 25.8 Å². The summed E-state index contributed by atoms with van der Waals surface area (Å²) >= 11 is 37.3. The van der Waals surface area contributed by atoms with Crippen LogP contribution in [0.15, 0.2) is 65.3 Å². The Kier molecular flexibility index (Phi) is 8.87. The van der Waals surface area contributed by atoms with E-state index in [1.807, 2.05) is 0 Å². The van der Waals surface area contributed by atoms with Gasteiger partial charge in [0, 0.05) is 11.6 Å². The highest BCUT2D eigenvalue weighted by molar-refractivity contribution is 6.54. The molecule has 3 aromatic carbocycles. The van der Waals surface area contributed by atoms with Crippen LogP contribution in [0.2, 0.25) is 20.1 Å². The number of alkyl halides is 2. The van der Waals surface area contributed by atoms with Gasteiger partial charge in [0.1, 0.15) is 15.8 Å². The minimum Gasteiger partial charge on any atom is -0.459 e. The van der Waals surface area contributed by atoms with E-state index in [4.69, 9.17) is 74.0 Å². The summed E-state index contributed by atoms with van der Waals surface area (Å²) in [5.74, 6) is -6.48. The summed E-state index contributed by atoms with van der Waals surface area (Å²) in [5.41, 5.74) is -0.772. The Balaban J connectivity index is 1.32. The zero-order chi connectivity index (χ0) is 31.2. The van der Waals surface area contributed by atoms with Crippen molar-refractivity contribution in [1.82, 2.24) is 0 Å². The number of furan rings is 1. The van der Waals surface area contributed by atoms with Crippen LogP contribution in [-0.4, -0.2) is 22.1 Å². The number of hydrogen-bond acceptors (Lipinski definition) is 4. The van der Waals surface area contributed by atoms with E-state index in [9.17, 15) is 18.8 Å². The van der Waals surface area contributed by atoms with E-state index in [0.717, 1.165) is 12.1 Å². The third kappa shape index (κ3) is 6.29. The number of carbonyl (C=O) groups excluding carboxylic acids is 3. The predicted octanol–water partition coefficient (Wildman–Crippen LogP) is 9.20. The van der Waals surface area contributed by atoms with Crippen molar-refractivity contribution >= 4 is 104 Å². The van der Waals surface area contributed by atoms with Crippen molar-refractivity contribution < 1.29 is 27.6 Å². The van der Waals surface area contributed by atoms with Gasteiger partial charge in [-0.15, -0.1) is 23.2 Å². The first kappa shape index (κ1) is 31.4. The Labute approximate surface area is 272 Å². The molecular formula is C28H15Cl6F2N3O4. The third-order valence-electron chi connectivity index (χ3n) is 6.50. The fourth-order valence-electron chi connectivity index (χ4n) is 4.36. The van der Waals surface area contributed by atoms with Crippen molar-refractivity contribution in [2.24, 2.45) is 5.92 Å². The summed E-state index contributed by atoms with van der Waals surface area (Å²) in [6.45, 7) is 0. The number of rotatable bonds is 7. The van der Waals surface area contributed by atoms with E-state index in [-0.39, 0.29) is 37.1 Å². The largest absolute Gasteiger partial charge is 0.459 e. The second kappa shape index (κ2) is 12.1. The first-order chi connectivity index (χ1) is 20.3. The van der Waals surface area contributed by atoms with Crippen LogP contribution in [-0.2, 0) is 4.79 Å². The molecule has 1 aliphatic rings. The summed E-state index contributed by atoms with van der Waals surface area (Å²) in [6.07, 6.45) is 1.22. The van der Waals surface area contributed by atoms with Crippen molar-refractivity contribution in [3.8, 4) is 0 Å². The lowest BCUT2D eigenvalue weighted by molar-refractivity contribution is -0.117. The van der Waals surface area contributed by atoms with Gasteiger partial charge in [-0.2, -0.15) is 0 Å². The van der Waals surface area contributed by atoms with E-state index in [1.54, 1.807) is 0 Å². The SMILES string of the molecule is O=C(Nc1c(F)ccc(NC(=O)c2cc(NC(=O)[C@H]3[C@H](c4cc(Cl)c(Cl)c(Cl)c4)C3(Cl)Cl)ccc2Cl)c1F)c1ccco1. The van der Waals surface area contributed by atoms with Gasteiger partial charge in [0.25, 0.3) is 11.8 Å². The number of amides is 3. The second-order valence-electron chi connectivity index (χ2n) is 9.28. The molecule has 2 atom stereocenters. The Bertz CT molecular complexity index is 1760. The van der Waals surface area contributed by atoms with Gasteiger partial charge in [-0.1, -0.05) is 46.4 Å². The summed E-state index contributed by atoms with van der Waals surface area (Å²) in [7, 11) is 0. The van der Waals surface area contributed by atoms with Gasteiger partial charge in [0.2, 0.25) is 5.91 Å². The molecule has 3 amide bonds. The van der Waals surface area contributed by atoms with Crippen LogP contribution in [0.1, 0.15) is 32.4 Å². The van der Waals surface area contributed by atoms with E-state index in [2.05, 4.69) is 16.0 Å². The molecule has 0 spiro atoms. The van der Waals surface area contributed by atoms with Gasteiger partial charge in [0.15, 0.2) is 11.6 Å². The number of nitrogens with one attached hydrogen (secondary N) is 3.